The molecular formula is C30H25NOS. The number of fused-ring (bicyclic) bond motifs is 3. The standard InChI is InChI=1S/C30H25NOS/c1-18-17-33-27-11-7-10-22(28(18)27)26-16-23-25(32-26)12-13-31-29(23)20-14-19-8-5-6-9-21(19)24(15-20)30(2,3)4/h5-17H,1-4H3. The fraction of sp³-hybridized carbons (Fsp3) is 0.167. The van der Waals surface area contributed by atoms with Crippen molar-refractivity contribution in [1.29, 1.82) is 0 Å². The first-order valence-corrected chi connectivity index (χ1v) is 12.2. The first-order chi connectivity index (χ1) is 15.9. The van der Waals surface area contributed by atoms with E-state index in [0.29, 0.717) is 0 Å². The summed E-state index contributed by atoms with van der Waals surface area (Å²) in [6.07, 6.45) is 1.85. The molecule has 0 unspecified atom stereocenters. The molecule has 33 heavy (non-hydrogen) atoms. The smallest absolute Gasteiger partial charge is 0.138 e. The third kappa shape index (κ3) is 3.27. The maximum atomic E-state index is 6.40. The van der Waals surface area contributed by atoms with E-state index in [4.69, 9.17) is 9.40 Å². The molecule has 0 spiro atoms. The fourth-order valence-electron chi connectivity index (χ4n) is 4.85. The monoisotopic (exact) mass is 447 g/mol. The Morgan fingerprint density at radius 3 is 2.58 bits per heavy atom. The van der Waals surface area contributed by atoms with Crippen LogP contribution in [0.3, 0.4) is 0 Å². The van der Waals surface area contributed by atoms with E-state index in [1.165, 1.54) is 32.0 Å². The average molecular weight is 448 g/mol. The number of thiophene rings is 1. The highest BCUT2D eigenvalue weighted by molar-refractivity contribution is 7.17. The summed E-state index contributed by atoms with van der Waals surface area (Å²) in [5, 5.41) is 7.08. The Kier molecular flexibility index (Phi) is 4.46. The van der Waals surface area contributed by atoms with Gasteiger partial charge in [0.2, 0.25) is 0 Å². The number of hydrogen-bond acceptors (Lipinski definition) is 3. The molecule has 0 bridgehead atoms. The average Bonchev–Trinajstić information content (AvgIpc) is 3.41. The minimum atomic E-state index is 0.0250. The molecule has 0 radical (unpaired) electrons. The summed E-state index contributed by atoms with van der Waals surface area (Å²) in [6, 6.07) is 23.8. The van der Waals surface area contributed by atoms with Crippen LogP contribution in [-0.4, -0.2) is 4.98 Å². The Bertz CT molecular complexity index is 1660. The first-order valence-electron chi connectivity index (χ1n) is 11.3. The highest BCUT2D eigenvalue weighted by Gasteiger charge is 2.20. The number of hydrogen-bond donors (Lipinski definition) is 0. The zero-order valence-electron chi connectivity index (χ0n) is 19.3. The summed E-state index contributed by atoms with van der Waals surface area (Å²) in [7, 11) is 0. The molecular weight excluding hydrogens is 422 g/mol. The lowest BCUT2D eigenvalue weighted by Gasteiger charge is -2.22. The number of nitrogens with zero attached hydrogens (tertiary/aromatic N) is 1. The Morgan fingerprint density at radius 1 is 0.879 bits per heavy atom. The number of aromatic nitrogens is 1. The van der Waals surface area contributed by atoms with Crippen LogP contribution < -0.4 is 0 Å². The first kappa shape index (κ1) is 20.2. The van der Waals surface area contributed by atoms with E-state index in [0.717, 1.165) is 33.6 Å². The third-order valence-electron chi connectivity index (χ3n) is 6.44. The van der Waals surface area contributed by atoms with Crippen LogP contribution in [0.1, 0.15) is 31.9 Å². The lowest BCUT2D eigenvalue weighted by atomic mass is 9.82. The minimum Gasteiger partial charge on any atom is -0.456 e. The van der Waals surface area contributed by atoms with E-state index < -0.39 is 0 Å². The zero-order chi connectivity index (χ0) is 22.7. The minimum absolute atomic E-state index is 0.0250. The van der Waals surface area contributed by atoms with Gasteiger partial charge in [0.1, 0.15) is 11.3 Å². The van der Waals surface area contributed by atoms with Crippen molar-refractivity contribution < 1.29 is 4.42 Å². The van der Waals surface area contributed by atoms with Gasteiger partial charge in [0.05, 0.1) is 5.69 Å². The highest BCUT2D eigenvalue weighted by Crippen LogP contribution is 2.40. The van der Waals surface area contributed by atoms with Gasteiger partial charge in [-0.15, -0.1) is 11.3 Å². The zero-order valence-corrected chi connectivity index (χ0v) is 20.1. The second-order valence-corrected chi connectivity index (χ2v) is 10.7. The van der Waals surface area contributed by atoms with Gasteiger partial charge in [0, 0.05) is 32.8 Å². The van der Waals surface area contributed by atoms with Crippen LogP contribution in [0.2, 0.25) is 0 Å². The van der Waals surface area contributed by atoms with Crippen molar-refractivity contribution in [3.63, 3.8) is 0 Å². The molecule has 0 fully saturated rings. The Balaban J connectivity index is 1.60. The van der Waals surface area contributed by atoms with E-state index in [9.17, 15) is 0 Å². The van der Waals surface area contributed by atoms with Crippen molar-refractivity contribution in [2.24, 2.45) is 0 Å². The summed E-state index contributed by atoms with van der Waals surface area (Å²) >= 11 is 1.78. The molecule has 0 aliphatic heterocycles. The van der Waals surface area contributed by atoms with Gasteiger partial charge < -0.3 is 4.42 Å². The molecule has 6 aromatic rings. The molecule has 0 amide bonds. The van der Waals surface area contributed by atoms with Crippen LogP contribution in [0.5, 0.6) is 0 Å². The number of aryl methyl sites for hydroxylation is 1. The summed E-state index contributed by atoms with van der Waals surface area (Å²) < 4.78 is 7.68. The summed E-state index contributed by atoms with van der Waals surface area (Å²) in [5.41, 5.74) is 6.74. The van der Waals surface area contributed by atoms with Crippen LogP contribution in [0.4, 0.5) is 0 Å². The maximum Gasteiger partial charge on any atom is 0.138 e. The predicted molar refractivity (Wildman–Crippen MR) is 141 cm³/mol. The molecule has 3 heteroatoms. The Labute approximate surface area is 197 Å². The Morgan fingerprint density at radius 2 is 1.73 bits per heavy atom. The van der Waals surface area contributed by atoms with E-state index >= 15 is 0 Å². The van der Waals surface area contributed by atoms with Gasteiger partial charge in [-0.05, 0) is 69.9 Å². The van der Waals surface area contributed by atoms with Crippen LogP contribution in [0.15, 0.2) is 82.7 Å². The molecule has 0 N–H and O–H groups in total. The molecule has 0 saturated carbocycles. The molecule has 6 rings (SSSR count). The summed E-state index contributed by atoms with van der Waals surface area (Å²) in [6.45, 7) is 8.98. The van der Waals surface area contributed by atoms with Crippen molar-refractivity contribution in [1.82, 2.24) is 4.98 Å². The Hall–Kier alpha value is -3.43. The van der Waals surface area contributed by atoms with Gasteiger partial charge in [0.25, 0.3) is 0 Å². The molecule has 2 nitrogen and oxygen atoms in total. The molecule has 0 aliphatic carbocycles. The number of rotatable bonds is 2. The summed E-state index contributed by atoms with van der Waals surface area (Å²) in [4.78, 5) is 4.83. The topological polar surface area (TPSA) is 26.0 Å². The largest absolute Gasteiger partial charge is 0.456 e. The molecule has 0 atom stereocenters. The molecule has 3 aromatic heterocycles. The van der Waals surface area contributed by atoms with Crippen molar-refractivity contribution in [2.45, 2.75) is 33.1 Å². The van der Waals surface area contributed by atoms with Crippen LogP contribution in [-0.2, 0) is 5.41 Å². The summed E-state index contributed by atoms with van der Waals surface area (Å²) in [5.74, 6) is 0.892. The number of pyridine rings is 1. The normalized spacial score (nSPS) is 12.2. The van der Waals surface area contributed by atoms with Gasteiger partial charge in [-0.1, -0.05) is 57.2 Å². The second kappa shape index (κ2) is 7.29. The predicted octanol–water partition coefficient (Wildman–Crippen LogP) is 9.14. The van der Waals surface area contributed by atoms with Crippen LogP contribution in [0.25, 0.3) is 54.4 Å². The van der Waals surface area contributed by atoms with E-state index in [1.807, 2.05) is 12.3 Å². The number of furan rings is 1. The molecule has 3 heterocycles. The van der Waals surface area contributed by atoms with E-state index in [1.54, 1.807) is 11.3 Å². The second-order valence-electron chi connectivity index (χ2n) is 9.77. The highest BCUT2D eigenvalue weighted by atomic mass is 32.1. The van der Waals surface area contributed by atoms with Crippen molar-refractivity contribution in [2.75, 3.05) is 0 Å². The quantitative estimate of drug-likeness (QED) is 0.264. The van der Waals surface area contributed by atoms with Gasteiger partial charge in [-0.2, -0.15) is 0 Å². The van der Waals surface area contributed by atoms with Crippen LogP contribution in [0, 0.1) is 6.92 Å². The SMILES string of the molecule is Cc1csc2cccc(-c3cc4c(-c5cc(C(C)(C)C)c6ccccc6c5)nccc4o3)c12. The van der Waals surface area contributed by atoms with Gasteiger partial charge in [-0.25, -0.2) is 0 Å². The third-order valence-corrected chi connectivity index (χ3v) is 7.50. The van der Waals surface area contributed by atoms with E-state index in [2.05, 4.69) is 93.7 Å². The van der Waals surface area contributed by atoms with Gasteiger partial charge >= 0.3 is 0 Å². The molecule has 162 valence electrons. The van der Waals surface area contributed by atoms with E-state index in [-0.39, 0.29) is 5.41 Å². The fourth-order valence-corrected chi connectivity index (χ4v) is 5.81. The van der Waals surface area contributed by atoms with Crippen molar-refractivity contribution in [3.05, 3.63) is 89.4 Å². The molecule has 0 aliphatic rings. The lowest BCUT2D eigenvalue weighted by Crippen LogP contribution is -2.12. The molecule has 3 aromatic carbocycles. The van der Waals surface area contributed by atoms with Gasteiger partial charge in [-0.3, -0.25) is 4.98 Å². The number of benzene rings is 3. The van der Waals surface area contributed by atoms with Crippen molar-refractivity contribution in [3.8, 4) is 22.6 Å². The van der Waals surface area contributed by atoms with Crippen LogP contribution >= 0.6 is 11.3 Å². The maximum absolute atomic E-state index is 6.40. The molecule has 0 saturated heterocycles. The van der Waals surface area contributed by atoms with Gasteiger partial charge in [0.15, 0.2) is 0 Å². The lowest BCUT2D eigenvalue weighted by molar-refractivity contribution is 0.596. The van der Waals surface area contributed by atoms with Crippen molar-refractivity contribution >= 4 is 43.2 Å².